The summed E-state index contributed by atoms with van der Waals surface area (Å²) in [6.07, 6.45) is 1.46. The number of nitrogens with two attached hydrogens (primary N) is 1. The molecule has 0 amide bonds. The lowest BCUT2D eigenvalue weighted by molar-refractivity contribution is 0.0600. The average molecular weight is 243 g/mol. The third-order valence-electron chi connectivity index (χ3n) is 2.34. The molecule has 0 saturated heterocycles. The third kappa shape index (κ3) is 2.76. The molecule has 92 valence electrons. The number of nitrogens with zero attached hydrogens (tertiary/aromatic N) is 1. The van der Waals surface area contributed by atoms with Crippen molar-refractivity contribution in [3.63, 3.8) is 0 Å². The van der Waals surface area contributed by atoms with E-state index in [4.69, 9.17) is 5.73 Å². The Morgan fingerprint density at radius 2 is 2.17 bits per heavy atom. The van der Waals surface area contributed by atoms with Crippen LogP contribution in [0.5, 0.6) is 0 Å². The molecule has 3 N–H and O–H groups in total. The van der Waals surface area contributed by atoms with Gasteiger partial charge in [-0.3, -0.25) is 0 Å². The van der Waals surface area contributed by atoms with Crippen LogP contribution in [0.1, 0.15) is 10.4 Å². The number of nitrogen functional groups attached to an aromatic ring is 1. The van der Waals surface area contributed by atoms with Crippen molar-refractivity contribution in [3.8, 4) is 0 Å². The van der Waals surface area contributed by atoms with E-state index in [0.29, 0.717) is 17.1 Å². The van der Waals surface area contributed by atoms with Crippen molar-refractivity contribution in [3.05, 3.63) is 48.2 Å². The Balaban J connectivity index is 2.13. The average Bonchev–Trinajstić information content (AvgIpc) is 2.39. The second-order valence-electron chi connectivity index (χ2n) is 3.67. The number of pyridine rings is 1. The molecule has 1 heterocycles. The molecule has 0 aliphatic heterocycles. The lowest BCUT2D eigenvalue weighted by Crippen LogP contribution is -2.02. The Bertz CT molecular complexity index is 552. The van der Waals surface area contributed by atoms with E-state index in [2.05, 4.69) is 15.0 Å². The molecule has 0 aliphatic rings. The first-order valence-electron chi connectivity index (χ1n) is 5.36. The van der Waals surface area contributed by atoms with Gasteiger partial charge in [0.2, 0.25) is 0 Å². The van der Waals surface area contributed by atoms with Crippen molar-refractivity contribution >= 4 is 23.2 Å². The molecule has 5 heteroatoms. The van der Waals surface area contributed by atoms with Crippen molar-refractivity contribution in [2.75, 3.05) is 18.2 Å². The maximum atomic E-state index is 11.2. The fraction of sp³-hybridized carbons (Fsp3) is 0.0769. The summed E-state index contributed by atoms with van der Waals surface area (Å²) >= 11 is 0. The lowest BCUT2D eigenvalue weighted by Gasteiger charge is -2.06. The Morgan fingerprint density at radius 3 is 2.78 bits per heavy atom. The minimum Gasteiger partial charge on any atom is -0.465 e. The van der Waals surface area contributed by atoms with Crippen molar-refractivity contribution in [1.82, 2.24) is 4.98 Å². The number of hydrogen-bond donors (Lipinski definition) is 2. The van der Waals surface area contributed by atoms with Crippen LogP contribution in [0.3, 0.4) is 0 Å². The van der Waals surface area contributed by atoms with Crippen LogP contribution in [-0.2, 0) is 4.74 Å². The largest absolute Gasteiger partial charge is 0.465 e. The van der Waals surface area contributed by atoms with Crippen molar-refractivity contribution in [1.29, 1.82) is 0 Å². The lowest BCUT2D eigenvalue weighted by atomic mass is 10.2. The Hall–Kier alpha value is -2.56. The molecule has 0 unspecified atom stereocenters. The molecule has 0 radical (unpaired) electrons. The molecule has 0 atom stereocenters. The van der Waals surface area contributed by atoms with Crippen LogP contribution in [0, 0.1) is 0 Å². The number of aromatic nitrogens is 1. The second kappa shape index (κ2) is 5.18. The smallest absolute Gasteiger partial charge is 0.339 e. The van der Waals surface area contributed by atoms with Gasteiger partial charge in [0.15, 0.2) is 0 Å². The predicted octanol–water partition coefficient (Wildman–Crippen LogP) is 2.19. The Labute approximate surface area is 105 Å². The third-order valence-corrected chi connectivity index (χ3v) is 2.34. The number of methoxy groups -OCH3 is 1. The van der Waals surface area contributed by atoms with E-state index in [1.165, 1.54) is 13.3 Å². The Morgan fingerprint density at radius 1 is 1.33 bits per heavy atom. The maximum absolute atomic E-state index is 11.2. The SMILES string of the molecule is COC(=O)c1ccc(Nc2cccc(N)c2)nc1. The standard InChI is InChI=1S/C13H13N3O2/c1-18-13(17)9-5-6-12(15-8-9)16-11-4-2-3-10(14)7-11/h2-8H,14H2,1H3,(H,15,16). The topological polar surface area (TPSA) is 77.2 Å². The first-order valence-corrected chi connectivity index (χ1v) is 5.36. The van der Waals surface area contributed by atoms with Crippen molar-refractivity contribution in [2.45, 2.75) is 0 Å². The summed E-state index contributed by atoms with van der Waals surface area (Å²) in [5.74, 6) is 0.228. The quantitative estimate of drug-likeness (QED) is 0.638. The minimum atomic E-state index is -0.405. The van der Waals surface area contributed by atoms with Crippen LogP contribution in [-0.4, -0.2) is 18.1 Å². The number of anilines is 3. The molecule has 0 bridgehead atoms. The number of nitrogens with one attached hydrogen (secondary N) is 1. The van der Waals surface area contributed by atoms with Gasteiger partial charge < -0.3 is 15.8 Å². The molecule has 0 fully saturated rings. The number of ether oxygens (including phenoxy) is 1. The number of esters is 1. The van der Waals surface area contributed by atoms with Gasteiger partial charge in [0.25, 0.3) is 0 Å². The van der Waals surface area contributed by atoms with Crippen LogP contribution in [0.15, 0.2) is 42.6 Å². The van der Waals surface area contributed by atoms with Gasteiger partial charge in [-0.2, -0.15) is 0 Å². The van der Waals surface area contributed by atoms with Gasteiger partial charge in [0.05, 0.1) is 12.7 Å². The van der Waals surface area contributed by atoms with E-state index < -0.39 is 5.97 Å². The monoisotopic (exact) mass is 243 g/mol. The number of hydrogen-bond acceptors (Lipinski definition) is 5. The highest BCUT2D eigenvalue weighted by Crippen LogP contribution is 2.17. The number of benzene rings is 1. The van der Waals surface area contributed by atoms with Crippen LogP contribution in [0.4, 0.5) is 17.2 Å². The highest BCUT2D eigenvalue weighted by atomic mass is 16.5. The Kier molecular flexibility index (Phi) is 3.43. The fourth-order valence-corrected chi connectivity index (χ4v) is 1.47. The normalized spacial score (nSPS) is 9.83. The van der Waals surface area contributed by atoms with Gasteiger partial charge in [0.1, 0.15) is 5.82 Å². The summed E-state index contributed by atoms with van der Waals surface area (Å²) < 4.78 is 4.59. The molecule has 18 heavy (non-hydrogen) atoms. The van der Waals surface area contributed by atoms with E-state index in [0.717, 1.165) is 5.69 Å². The van der Waals surface area contributed by atoms with E-state index >= 15 is 0 Å². The van der Waals surface area contributed by atoms with Crippen LogP contribution in [0.2, 0.25) is 0 Å². The van der Waals surface area contributed by atoms with Crippen LogP contribution >= 0.6 is 0 Å². The van der Waals surface area contributed by atoms with Crippen LogP contribution < -0.4 is 11.1 Å². The van der Waals surface area contributed by atoms with Gasteiger partial charge >= 0.3 is 5.97 Å². The molecule has 0 spiro atoms. The van der Waals surface area contributed by atoms with Gasteiger partial charge in [-0.05, 0) is 30.3 Å². The summed E-state index contributed by atoms with van der Waals surface area (Å²) in [7, 11) is 1.33. The highest BCUT2D eigenvalue weighted by Gasteiger charge is 2.05. The van der Waals surface area contributed by atoms with Crippen LogP contribution in [0.25, 0.3) is 0 Å². The number of carbonyl (C=O) groups excluding carboxylic acids is 1. The van der Waals surface area contributed by atoms with E-state index in [9.17, 15) is 4.79 Å². The summed E-state index contributed by atoms with van der Waals surface area (Å²) in [4.78, 5) is 15.3. The summed E-state index contributed by atoms with van der Waals surface area (Å²) in [5.41, 5.74) is 7.60. The summed E-state index contributed by atoms with van der Waals surface area (Å²) in [6, 6.07) is 10.7. The molecular formula is C13H13N3O2. The maximum Gasteiger partial charge on any atom is 0.339 e. The van der Waals surface area contributed by atoms with Gasteiger partial charge in [0, 0.05) is 17.6 Å². The summed E-state index contributed by atoms with van der Waals surface area (Å²) in [5, 5.41) is 3.09. The molecule has 2 aromatic rings. The van der Waals surface area contributed by atoms with Crippen molar-refractivity contribution in [2.24, 2.45) is 0 Å². The van der Waals surface area contributed by atoms with Crippen molar-refractivity contribution < 1.29 is 9.53 Å². The highest BCUT2D eigenvalue weighted by molar-refractivity contribution is 5.89. The molecular weight excluding hydrogens is 230 g/mol. The molecule has 1 aromatic carbocycles. The van der Waals surface area contributed by atoms with E-state index in [-0.39, 0.29) is 0 Å². The molecule has 5 nitrogen and oxygen atoms in total. The molecule has 2 rings (SSSR count). The number of rotatable bonds is 3. The van der Waals surface area contributed by atoms with E-state index in [1.54, 1.807) is 24.3 Å². The van der Waals surface area contributed by atoms with Gasteiger partial charge in [-0.25, -0.2) is 9.78 Å². The molecule has 0 aliphatic carbocycles. The minimum absolute atomic E-state index is 0.405. The zero-order valence-electron chi connectivity index (χ0n) is 9.88. The zero-order valence-corrected chi connectivity index (χ0v) is 9.88. The van der Waals surface area contributed by atoms with Gasteiger partial charge in [-0.15, -0.1) is 0 Å². The first-order chi connectivity index (χ1) is 8.69. The number of carbonyl (C=O) groups is 1. The first kappa shape index (κ1) is 11.9. The summed E-state index contributed by atoms with van der Waals surface area (Å²) in [6.45, 7) is 0. The van der Waals surface area contributed by atoms with Gasteiger partial charge in [-0.1, -0.05) is 6.07 Å². The zero-order chi connectivity index (χ0) is 13.0. The fourth-order valence-electron chi connectivity index (χ4n) is 1.47. The second-order valence-corrected chi connectivity index (χ2v) is 3.67. The molecule has 0 saturated carbocycles. The molecule has 1 aromatic heterocycles. The van der Waals surface area contributed by atoms with E-state index in [1.807, 2.05) is 12.1 Å². The predicted molar refractivity (Wildman–Crippen MR) is 69.7 cm³/mol.